The molecule has 7 nitrogen and oxygen atoms in total. The molecule has 1 N–H and O–H groups in total. The minimum atomic E-state index is -0.669. The zero-order valence-electron chi connectivity index (χ0n) is 18.8. The van der Waals surface area contributed by atoms with Gasteiger partial charge in [-0.3, -0.25) is 19.7 Å². The number of rotatable bonds is 9. The van der Waals surface area contributed by atoms with Crippen molar-refractivity contribution in [2.75, 3.05) is 0 Å². The smallest absolute Gasteiger partial charge is 0.273 e. The molecule has 3 rings (SSSR count). The normalized spacial score (nSPS) is 15.0. The lowest BCUT2D eigenvalue weighted by Gasteiger charge is -2.33. The molecule has 0 spiro atoms. The summed E-state index contributed by atoms with van der Waals surface area (Å²) in [5, 5.41) is 15.1. The molecular weight excluding hydrogens is 442 g/mol. The Hall–Kier alpha value is -2.93. The van der Waals surface area contributed by atoms with Gasteiger partial charge in [-0.05, 0) is 37.0 Å². The second-order valence-corrected chi connectivity index (χ2v) is 8.91. The van der Waals surface area contributed by atoms with E-state index in [1.165, 1.54) is 17.4 Å². The topological polar surface area (TPSA) is 92.6 Å². The number of hydrogen-bond donors (Lipinski definition) is 1. The van der Waals surface area contributed by atoms with Crippen LogP contribution in [-0.2, 0) is 22.6 Å². The largest absolute Gasteiger partial charge is 0.352 e. The number of nitro benzene ring substituents is 1. The molecule has 0 unspecified atom stereocenters. The van der Waals surface area contributed by atoms with E-state index in [-0.39, 0.29) is 36.5 Å². The Morgan fingerprint density at radius 1 is 1.12 bits per heavy atom. The monoisotopic (exact) mass is 471 g/mol. The van der Waals surface area contributed by atoms with E-state index in [1.807, 2.05) is 19.1 Å². The fourth-order valence-electron chi connectivity index (χ4n) is 4.35. The van der Waals surface area contributed by atoms with Gasteiger partial charge in [0, 0.05) is 29.2 Å². The van der Waals surface area contributed by atoms with E-state index in [1.54, 1.807) is 30.3 Å². The number of para-hydroxylation sites is 1. The van der Waals surface area contributed by atoms with Crippen molar-refractivity contribution < 1.29 is 14.5 Å². The van der Waals surface area contributed by atoms with Gasteiger partial charge in [0.05, 0.1) is 11.3 Å². The van der Waals surface area contributed by atoms with E-state index in [0.29, 0.717) is 17.0 Å². The summed E-state index contributed by atoms with van der Waals surface area (Å²) in [7, 11) is 0. The maximum Gasteiger partial charge on any atom is 0.273 e. The maximum atomic E-state index is 13.5. The summed E-state index contributed by atoms with van der Waals surface area (Å²) in [5.41, 5.74) is 1.06. The number of carbonyl (C=O) groups excluding carboxylic acids is 2. The molecule has 8 heteroatoms. The standard InChI is InChI=1S/C25H30ClN3O4/c1-2-22(25(31)27-21-9-4-3-5-10-21)28(17-18-12-14-20(26)15-13-18)24(30)16-19-8-6-7-11-23(19)29(32)33/h6-8,11-15,21-22H,2-5,9-10,16-17H2,1H3,(H,27,31)/t22-/m0/s1. The van der Waals surface area contributed by atoms with Gasteiger partial charge in [-0.2, -0.15) is 0 Å². The molecule has 2 amide bonds. The minimum Gasteiger partial charge on any atom is -0.352 e. The second-order valence-electron chi connectivity index (χ2n) is 8.48. The summed E-state index contributed by atoms with van der Waals surface area (Å²) in [6, 6.07) is 12.8. The van der Waals surface area contributed by atoms with E-state index in [4.69, 9.17) is 11.6 Å². The van der Waals surface area contributed by atoms with Gasteiger partial charge in [-0.25, -0.2) is 0 Å². The number of nitrogens with one attached hydrogen (secondary N) is 1. The molecule has 0 aliphatic heterocycles. The summed E-state index contributed by atoms with van der Waals surface area (Å²) in [5.74, 6) is -0.501. The van der Waals surface area contributed by atoms with Crippen LogP contribution in [0.4, 0.5) is 5.69 Å². The van der Waals surface area contributed by atoms with Crippen molar-refractivity contribution in [2.45, 2.75) is 70.5 Å². The van der Waals surface area contributed by atoms with Crippen molar-refractivity contribution in [1.82, 2.24) is 10.2 Å². The van der Waals surface area contributed by atoms with Crippen molar-refractivity contribution in [3.63, 3.8) is 0 Å². The predicted octanol–water partition coefficient (Wildman–Crippen LogP) is 5.05. The SMILES string of the molecule is CC[C@@H](C(=O)NC1CCCCC1)N(Cc1ccc(Cl)cc1)C(=O)Cc1ccccc1[N+](=O)[O-]. The first-order valence-corrected chi connectivity index (χ1v) is 11.8. The van der Waals surface area contributed by atoms with Crippen LogP contribution in [0.2, 0.25) is 5.02 Å². The Morgan fingerprint density at radius 2 is 1.79 bits per heavy atom. The Kier molecular flexibility index (Phi) is 8.83. The van der Waals surface area contributed by atoms with Gasteiger partial charge in [0.15, 0.2) is 0 Å². The quantitative estimate of drug-likeness (QED) is 0.409. The Labute approximate surface area is 199 Å². The fraction of sp³-hybridized carbons (Fsp3) is 0.440. The molecular formula is C25H30ClN3O4. The molecule has 1 aliphatic rings. The lowest BCUT2D eigenvalue weighted by Crippen LogP contribution is -2.52. The third-order valence-electron chi connectivity index (χ3n) is 6.13. The highest BCUT2D eigenvalue weighted by atomic mass is 35.5. The number of benzene rings is 2. The van der Waals surface area contributed by atoms with Crippen LogP contribution in [0.25, 0.3) is 0 Å². The van der Waals surface area contributed by atoms with Crippen LogP contribution in [0.15, 0.2) is 48.5 Å². The highest BCUT2D eigenvalue weighted by molar-refractivity contribution is 6.30. The van der Waals surface area contributed by atoms with Gasteiger partial charge in [-0.1, -0.05) is 68.1 Å². The third kappa shape index (κ3) is 6.78. The van der Waals surface area contributed by atoms with Gasteiger partial charge in [0.2, 0.25) is 11.8 Å². The molecule has 0 aromatic heterocycles. The van der Waals surface area contributed by atoms with Gasteiger partial charge < -0.3 is 10.2 Å². The summed E-state index contributed by atoms with van der Waals surface area (Å²) in [6.45, 7) is 2.09. The average molecular weight is 472 g/mol. The Morgan fingerprint density at radius 3 is 2.42 bits per heavy atom. The van der Waals surface area contributed by atoms with E-state index in [0.717, 1.165) is 31.2 Å². The zero-order chi connectivity index (χ0) is 23.8. The maximum absolute atomic E-state index is 13.5. The van der Waals surface area contributed by atoms with Crippen LogP contribution in [-0.4, -0.2) is 33.7 Å². The molecule has 176 valence electrons. The molecule has 0 saturated heterocycles. The van der Waals surface area contributed by atoms with E-state index in [9.17, 15) is 19.7 Å². The molecule has 1 aliphatic carbocycles. The first kappa shape index (κ1) is 24.7. The molecule has 2 aromatic carbocycles. The molecule has 1 saturated carbocycles. The van der Waals surface area contributed by atoms with Gasteiger partial charge >= 0.3 is 0 Å². The summed E-state index contributed by atoms with van der Waals surface area (Å²) in [6.07, 6.45) is 5.54. The lowest BCUT2D eigenvalue weighted by atomic mass is 9.95. The Balaban J connectivity index is 1.85. The molecule has 1 fully saturated rings. The van der Waals surface area contributed by atoms with Gasteiger partial charge in [0.1, 0.15) is 6.04 Å². The highest BCUT2D eigenvalue weighted by Gasteiger charge is 2.31. The number of hydrogen-bond acceptors (Lipinski definition) is 4. The molecule has 0 bridgehead atoms. The van der Waals surface area contributed by atoms with Crippen LogP contribution in [0, 0.1) is 10.1 Å². The zero-order valence-corrected chi connectivity index (χ0v) is 19.6. The molecule has 2 aromatic rings. The fourth-order valence-corrected chi connectivity index (χ4v) is 4.48. The summed E-state index contributed by atoms with van der Waals surface area (Å²) < 4.78 is 0. The van der Waals surface area contributed by atoms with E-state index >= 15 is 0 Å². The second kappa shape index (κ2) is 11.8. The van der Waals surface area contributed by atoms with Crippen molar-refractivity contribution in [3.8, 4) is 0 Å². The number of halogens is 1. The average Bonchev–Trinajstić information content (AvgIpc) is 2.81. The molecule has 1 atom stereocenters. The Bertz CT molecular complexity index is 974. The predicted molar refractivity (Wildman–Crippen MR) is 128 cm³/mol. The lowest BCUT2D eigenvalue weighted by molar-refractivity contribution is -0.385. The van der Waals surface area contributed by atoms with Crippen LogP contribution >= 0.6 is 11.6 Å². The summed E-state index contributed by atoms with van der Waals surface area (Å²) >= 11 is 6.01. The van der Waals surface area contributed by atoms with Gasteiger partial charge in [-0.15, -0.1) is 0 Å². The van der Waals surface area contributed by atoms with Gasteiger partial charge in [0.25, 0.3) is 5.69 Å². The third-order valence-corrected chi connectivity index (χ3v) is 6.39. The molecule has 0 radical (unpaired) electrons. The minimum absolute atomic E-state index is 0.100. The highest BCUT2D eigenvalue weighted by Crippen LogP contribution is 2.22. The van der Waals surface area contributed by atoms with E-state index < -0.39 is 11.0 Å². The number of carbonyl (C=O) groups is 2. The number of nitrogens with zero attached hydrogens (tertiary/aromatic N) is 2. The number of amides is 2. The first-order valence-electron chi connectivity index (χ1n) is 11.5. The van der Waals surface area contributed by atoms with Crippen LogP contribution in [0.5, 0.6) is 0 Å². The van der Waals surface area contributed by atoms with Crippen molar-refractivity contribution >= 4 is 29.1 Å². The van der Waals surface area contributed by atoms with Crippen molar-refractivity contribution in [1.29, 1.82) is 0 Å². The van der Waals surface area contributed by atoms with E-state index in [2.05, 4.69) is 5.32 Å². The van der Waals surface area contributed by atoms with Crippen molar-refractivity contribution in [2.24, 2.45) is 0 Å². The first-order chi connectivity index (χ1) is 15.9. The number of nitro groups is 1. The van der Waals surface area contributed by atoms with Crippen LogP contribution in [0.3, 0.4) is 0 Å². The van der Waals surface area contributed by atoms with Crippen molar-refractivity contribution in [3.05, 3.63) is 74.8 Å². The summed E-state index contributed by atoms with van der Waals surface area (Å²) in [4.78, 5) is 39.2. The van der Waals surface area contributed by atoms with Crippen LogP contribution < -0.4 is 5.32 Å². The molecule has 0 heterocycles. The van der Waals surface area contributed by atoms with Crippen LogP contribution in [0.1, 0.15) is 56.6 Å². The molecule has 33 heavy (non-hydrogen) atoms.